The maximum Gasteiger partial charge on any atom is 0.142 e. The zero-order valence-electron chi connectivity index (χ0n) is 29.2. The molecule has 2 aliphatic rings. The minimum absolute atomic E-state index is 0.109. The van der Waals surface area contributed by atoms with E-state index in [1.165, 1.54) is 5.56 Å². The number of nitrogens with zero attached hydrogens (tertiary/aromatic N) is 3. The van der Waals surface area contributed by atoms with Gasteiger partial charge in [0, 0.05) is 43.4 Å². The van der Waals surface area contributed by atoms with E-state index in [1.807, 2.05) is 60.7 Å². The summed E-state index contributed by atoms with van der Waals surface area (Å²) in [5.41, 5.74) is 4.30. The van der Waals surface area contributed by atoms with Crippen molar-refractivity contribution < 1.29 is 24.1 Å². The number of aliphatic hydroxyl groups is 1. The standard InChI is InChI=1S/C21H24N2O2.C20H25NO3/c1-24-18-7-5-6-17(16-18)21(10-13-22)11-14-23(15-12-21)19-8-3-4-9-20(19)25-2;1-23-17-7-5-6-16(14-17)20(15-22)10-12-21(13-11-20)18-8-3-4-9-19(18)24-2/h3-9,16H,10-12,14-15H2,1-2H3;3-9,14,22H,10-13,15H2,1-2H3. The van der Waals surface area contributed by atoms with Crippen molar-refractivity contribution in [1.82, 2.24) is 0 Å². The number of para-hydroxylation sites is 4. The molecule has 2 saturated heterocycles. The van der Waals surface area contributed by atoms with Crippen molar-refractivity contribution in [3.05, 3.63) is 108 Å². The normalized spacial score (nSPS) is 16.4. The molecule has 0 atom stereocenters. The summed E-state index contributed by atoms with van der Waals surface area (Å²) in [6.45, 7) is 3.73. The topological polar surface area (TPSA) is 87.4 Å². The molecular formula is C41H49N3O5. The van der Waals surface area contributed by atoms with E-state index in [1.54, 1.807) is 28.4 Å². The first-order chi connectivity index (χ1) is 23.9. The summed E-state index contributed by atoms with van der Waals surface area (Å²) in [5.74, 6) is 3.49. The first-order valence-corrected chi connectivity index (χ1v) is 17.0. The molecule has 2 fully saturated rings. The number of methoxy groups -OCH3 is 4. The summed E-state index contributed by atoms with van der Waals surface area (Å²) in [6, 6.07) is 34.9. The van der Waals surface area contributed by atoms with Crippen molar-refractivity contribution in [3.63, 3.8) is 0 Å². The Morgan fingerprint density at radius 1 is 0.592 bits per heavy atom. The number of benzene rings is 4. The van der Waals surface area contributed by atoms with Gasteiger partial charge in [-0.3, -0.25) is 0 Å². The molecule has 0 saturated carbocycles. The van der Waals surface area contributed by atoms with Crippen LogP contribution < -0.4 is 28.7 Å². The van der Waals surface area contributed by atoms with Gasteiger partial charge in [-0.05, 0) is 85.3 Å². The minimum Gasteiger partial charge on any atom is -0.497 e. The first-order valence-electron chi connectivity index (χ1n) is 17.0. The number of nitriles is 1. The van der Waals surface area contributed by atoms with Crippen LogP contribution in [0.4, 0.5) is 11.4 Å². The molecule has 0 aromatic heterocycles. The van der Waals surface area contributed by atoms with Crippen molar-refractivity contribution in [2.45, 2.75) is 42.9 Å². The summed E-state index contributed by atoms with van der Waals surface area (Å²) in [5, 5.41) is 19.6. The molecule has 0 unspecified atom stereocenters. The van der Waals surface area contributed by atoms with Crippen LogP contribution in [0.2, 0.25) is 0 Å². The molecule has 0 aliphatic carbocycles. The second kappa shape index (κ2) is 16.5. The monoisotopic (exact) mass is 663 g/mol. The van der Waals surface area contributed by atoms with Crippen LogP contribution in [0.5, 0.6) is 23.0 Å². The van der Waals surface area contributed by atoms with Crippen LogP contribution in [-0.2, 0) is 10.8 Å². The van der Waals surface area contributed by atoms with Crippen LogP contribution in [0.3, 0.4) is 0 Å². The Labute approximate surface area is 291 Å². The van der Waals surface area contributed by atoms with Crippen LogP contribution in [0, 0.1) is 11.3 Å². The molecule has 2 heterocycles. The lowest BCUT2D eigenvalue weighted by atomic mass is 9.70. The highest BCUT2D eigenvalue weighted by molar-refractivity contribution is 5.60. The highest BCUT2D eigenvalue weighted by atomic mass is 16.5. The van der Waals surface area contributed by atoms with Gasteiger partial charge in [-0.25, -0.2) is 0 Å². The van der Waals surface area contributed by atoms with Crippen LogP contribution in [0.1, 0.15) is 43.2 Å². The molecular weight excluding hydrogens is 614 g/mol. The third-order valence-corrected chi connectivity index (χ3v) is 10.4. The molecule has 4 aromatic carbocycles. The fourth-order valence-electron chi connectivity index (χ4n) is 7.30. The van der Waals surface area contributed by atoms with Crippen LogP contribution >= 0.6 is 0 Å². The molecule has 0 radical (unpaired) electrons. The van der Waals surface area contributed by atoms with Crippen molar-refractivity contribution in [2.24, 2.45) is 0 Å². The van der Waals surface area contributed by atoms with E-state index in [2.05, 4.69) is 52.3 Å². The van der Waals surface area contributed by atoms with Crippen LogP contribution in [0.25, 0.3) is 0 Å². The highest BCUT2D eigenvalue weighted by Gasteiger charge is 2.38. The number of piperidine rings is 2. The van der Waals surface area contributed by atoms with E-state index >= 15 is 0 Å². The van der Waals surface area contributed by atoms with Gasteiger partial charge < -0.3 is 33.9 Å². The summed E-state index contributed by atoms with van der Waals surface area (Å²) in [7, 11) is 6.77. The number of hydrogen-bond acceptors (Lipinski definition) is 8. The van der Waals surface area contributed by atoms with Crippen molar-refractivity contribution in [2.75, 3.05) is 71.0 Å². The Kier molecular flexibility index (Phi) is 11.9. The number of anilines is 2. The van der Waals surface area contributed by atoms with E-state index in [0.29, 0.717) is 6.42 Å². The minimum atomic E-state index is -0.201. The van der Waals surface area contributed by atoms with Gasteiger partial charge in [-0.1, -0.05) is 48.5 Å². The maximum atomic E-state index is 10.1. The third kappa shape index (κ3) is 7.90. The van der Waals surface area contributed by atoms with Crippen LogP contribution in [-0.4, -0.2) is 66.3 Å². The van der Waals surface area contributed by atoms with E-state index in [4.69, 9.17) is 18.9 Å². The summed E-state index contributed by atoms with van der Waals surface area (Å²) < 4.78 is 21.7. The molecule has 2 aliphatic heterocycles. The lowest BCUT2D eigenvalue weighted by Crippen LogP contribution is -2.45. The average Bonchev–Trinajstić information content (AvgIpc) is 3.18. The van der Waals surface area contributed by atoms with Gasteiger partial charge in [0.05, 0.1) is 52.5 Å². The number of aliphatic hydroxyl groups excluding tert-OH is 1. The SMILES string of the molecule is COc1cccc(C2(CC#N)CCN(c3ccccc3OC)CC2)c1.COc1cccc(C2(CO)CCN(c3ccccc3OC)CC2)c1. The predicted molar refractivity (Wildman–Crippen MR) is 196 cm³/mol. The van der Waals surface area contributed by atoms with Gasteiger partial charge >= 0.3 is 0 Å². The number of ether oxygens (including phenoxy) is 4. The zero-order chi connectivity index (χ0) is 34.7. The Morgan fingerprint density at radius 2 is 1.02 bits per heavy atom. The van der Waals surface area contributed by atoms with Crippen molar-refractivity contribution >= 4 is 11.4 Å². The molecule has 0 bridgehead atoms. The van der Waals surface area contributed by atoms with Crippen LogP contribution in [0.15, 0.2) is 97.1 Å². The Balaban J connectivity index is 0.000000191. The molecule has 0 spiro atoms. The quantitative estimate of drug-likeness (QED) is 0.188. The highest BCUT2D eigenvalue weighted by Crippen LogP contribution is 2.42. The Hall–Kier alpha value is -4.87. The molecule has 6 rings (SSSR count). The maximum absolute atomic E-state index is 10.1. The van der Waals surface area contributed by atoms with E-state index in [-0.39, 0.29) is 17.4 Å². The van der Waals surface area contributed by atoms with Gasteiger partial charge in [0.15, 0.2) is 0 Å². The smallest absolute Gasteiger partial charge is 0.142 e. The van der Waals surface area contributed by atoms with E-state index in [0.717, 1.165) is 91.8 Å². The summed E-state index contributed by atoms with van der Waals surface area (Å²) in [6.07, 6.45) is 4.20. The van der Waals surface area contributed by atoms with Gasteiger partial charge in [-0.2, -0.15) is 5.26 Å². The molecule has 0 amide bonds. The molecule has 8 heteroatoms. The zero-order valence-corrected chi connectivity index (χ0v) is 29.2. The van der Waals surface area contributed by atoms with Crippen molar-refractivity contribution in [3.8, 4) is 29.1 Å². The van der Waals surface area contributed by atoms with E-state index in [9.17, 15) is 10.4 Å². The van der Waals surface area contributed by atoms with Gasteiger partial charge in [0.25, 0.3) is 0 Å². The van der Waals surface area contributed by atoms with Gasteiger partial charge in [0.2, 0.25) is 0 Å². The first kappa shape index (κ1) is 35.4. The fourth-order valence-corrected chi connectivity index (χ4v) is 7.30. The number of rotatable bonds is 10. The lowest BCUT2D eigenvalue weighted by molar-refractivity contribution is 0.165. The van der Waals surface area contributed by atoms with Crippen molar-refractivity contribution in [1.29, 1.82) is 5.26 Å². The largest absolute Gasteiger partial charge is 0.497 e. The summed E-state index contributed by atoms with van der Waals surface area (Å²) in [4.78, 5) is 4.70. The number of hydrogen-bond donors (Lipinski definition) is 1. The molecule has 8 nitrogen and oxygen atoms in total. The molecule has 258 valence electrons. The van der Waals surface area contributed by atoms with E-state index < -0.39 is 0 Å². The van der Waals surface area contributed by atoms with Gasteiger partial charge in [0.1, 0.15) is 23.0 Å². The second-order valence-electron chi connectivity index (χ2n) is 12.8. The lowest BCUT2D eigenvalue weighted by Gasteiger charge is -2.42. The van der Waals surface area contributed by atoms with Gasteiger partial charge in [-0.15, -0.1) is 0 Å². The molecule has 1 N–H and O–H groups in total. The third-order valence-electron chi connectivity index (χ3n) is 10.4. The Bertz CT molecular complexity index is 1690. The molecule has 49 heavy (non-hydrogen) atoms. The fraction of sp³-hybridized carbons (Fsp3) is 0.390. The average molecular weight is 664 g/mol. The molecule has 4 aromatic rings. The Morgan fingerprint density at radius 3 is 1.43 bits per heavy atom. The predicted octanol–water partition coefficient (Wildman–Crippen LogP) is 7.39. The second-order valence-corrected chi connectivity index (χ2v) is 12.8. The summed E-state index contributed by atoms with van der Waals surface area (Å²) >= 11 is 0.